The zero-order chi connectivity index (χ0) is 13.3. The molecule has 0 amide bonds. The Kier molecular flexibility index (Phi) is 9.00. The highest BCUT2D eigenvalue weighted by Gasteiger charge is 2.19. The summed E-state index contributed by atoms with van der Waals surface area (Å²) in [6, 6.07) is 0. The predicted molar refractivity (Wildman–Crippen MR) is 69.7 cm³/mol. The third kappa shape index (κ3) is 8.11. The van der Waals surface area contributed by atoms with Crippen molar-refractivity contribution < 1.29 is 14.6 Å². The van der Waals surface area contributed by atoms with Crippen LogP contribution in [0.5, 0.6) is 0 Å². The van der Waals surface area contributed by atoms with E-state index in [1.165, 1.54) is 6.08 Å². The van der Waals surface area contributed by atoms with Crippen LogP contribution in [0.2, 0.25) is 0 Å². The molecule has 0 spiro atoms. The van der Waals surface area contributed by atoms with Crippen molar-refractivity contribution in [3.63, 3.8) is 0 Å². The Hall–Kier alpha value is -0.670. The summed E-state index contributed by atoms with van der Waals surface area (Å²) >= 11 is 0. The number of ketones is 1. The average Bonchev–Trinajstić information content (AvgIpc) is 2.30. The molecule has 0 saturated carbocycles. The number of carbonyl (C=O) groups is 1. The van der Waals surface area contributed by atoms with Gasteiger partial charge in [0.15, 0.2) is 12.1 Å². The first-order valence-electron chi connectivity index (χ1n) is 6.51. The normalized spacial score (nSPS) is 14.6. The Morgan fingerprint density at radius 1 is 1.35 bits per heavy atom. The molecule has 0 saturated heterocycles. The molecule has 3 heteroatoms. The fourth-order valence-corrected chi connectivity index (χ4v) is 1.53. The zero-order valence-electron chi connectivity index (χ0n) is 11.3. The number of ether oxygens (including phenoxy) is 1. The maximum absolute atomic E-state index is 11.5. The Labute approximate surface area is 105 Å². The number of aliphatic hydroxyl groups excluding tert-OH is 1. The van der Waals surface area contributed by atoms with Gasteiger partial charge in [0.2, 0.25) is 0 Å². The van der Waals surface area contributed by atoms with Crippen molar-refractivity contribution in [2.45, 2.75) is 65.3 Å². The van der Waals surface area contributed by atoms with Gasteiger partial charge in [0.1, 0.15) is 6.10 Å². The van der Waals surface area contributed by atoms with Gasteiger partial charge >= 0.3 is 0 Å². The molecule has 17 heavy (non-hydrogen) atoms. The Bertz CT molecular complexity index is 224. The van der Waals surface area contributed by atoms with E-state index < -0.39 is 12.4 Å². The lowest BCUT2D eigenvalue weighted by molar-refractivity contribution is -0.159. The quantitative estimate of drug-likeness (QED) is 0.473. The van der Waals surface area contributed by atoms with Crippen molar-refractivity contribution in [2.24, 2.45) is 5.92 Å². The second-order valence-electron chi connectivity index (χ2n) is 4.80. The summed E-state index contributed by atoms with van der Waals surface area (Å²) in [5, 5.41) is 9.70. The molecule has 0 rings (SSSR count). The van der Waals surface area contributed by atoms with Crippen LogP contribution in [0.1, 0.15) is 52.9 Å². The van der Waals surface area contributed by atoms with Crippen molar-refractivity contribution in [2.75, 3.05) is 0 Å². The van der Waals surface area contributed by atoms with Crippen LogP contribution in [0.15, 0.2) is 12.7 Å². The summed E-state index contributed by atoms with van der Waals surface area (Å²) in [6.45, 7) is 9.71. The molecule has 2 atom stereocenters. The summed E-state index contributed by atoms with van der Waals surface area (Å²) in [4.78, 5) is 11.5. The Balaban J connectivity index is 4.12. The van der Waals surface area contributed by atoms with Gasteiger partial charge in [-0.3, -0.25) is 4.79 Å². The van der Waals surface area contributed by atoms with Crippen LogP contribution in [0, 0.1) is 5.92 Å². The van der Waals surface area contributed by atoms with Gasteiger partial charge in [-0.05, 0) is 31.3 Å². The predicted octanol–water partition coefficient (Wildman–Crippen LogP) is 3.07. The number of hydrogen-bond donors (Lipinski definition) is 1. The minimum absolute atomic E-state index is 0.137. The SMILES string of the molecule is C=CC(=O)C(CCCC)OC(O)CCC(C)C. The van der Waals surface area contributed by atoms with Crippen LogP contribution >= 0.6 is 0 Å². The molecule has 0 radical (unpaired) electrons. The fourth-order valence-electron chi connectivity index (χ4n) is 1.53. The molecule has 1 N–H and O–H groups in total. The van der Waals surface area contributed by atoms with E-state index in [2.05, 4.69) is 27.4 Å². The zero-order valence-corrected chi connectivity index (χ0v) is 11.3. The largest absolute Gasteiger partial charge is 0.368 e. The van der Waals surface area contributed by atoms with E-state index in [0.29, 0.717) is 18.8 Å². The fraction of sp³-hybridized carbons (Fsp3) is 0.786. The van der Waals surface area contributed by atoms with Crippen LogP contribution in [-0.4, -0.2) is 23.3 Å². The second kappa shape index (κ2) is 9.37. The van der Waals surface area contributed by atoms with Crippen LogP contribution in [0.3, 0.4) is 0 Å². The first kappa shape index (κ1) is 16.3. The topological polar surface area (TPSA) is 46.5 Å². The van der Waals surface area contributed by atoms with Crippen molar-refractivity contribution in [3.8, 4) is 0 Å². The molecular formula is C14H26O3. The van der Waals surface area contributed by atoms with E-state index in [9.17, 15) is 9.90 Å². The number of hydrogen-bond acceptors (Lipinski definition) is 3. The standard InChI is InChI=1S/C14H26O3/c1-5-7-8-13(12(15)6-2)17-14(16)10-9-11(3)4/h6,11,13-14,16H,2,5,7-10H2,1,3-4H3. The van der Waals surface area contributed by atoms with Gasteiger partial charge in [-0.1, -0.05) is 40.2 Å². The van der Waals surface area contributed by atoms with E-state index in [1.54, 1.807) is 0 Å². The minimum Gasteiger partial charge on any atom is -0.368 e. The van der Waals surface area contributed by atoms with Crippen molar-refractivity contribution in [1.82, 2.24) is 0 Å². The maximum Gasteiger partial charge on any atom is 0.183 e. The van der Waals surface area contributed by atoms with E-state index in [4.69, 9.17) is 4.74 Å². The highest BCUT2D eigenvalue weighted by Crippen LogP contribution is 2.13. The van der Waals surface area contributed by atoms with E-state index in [1.807, 2.05) is 0 Å². The van der Waals surface area contributed by atoms with Gasteiger partial charge in [0.25, 0.3) is 0 Å². The molecule has 0 aliphatic rings. The number of rotatable bonds is 10. The van der Waals surface area contributed by atoms with Crippen molar-refractivity contribution in [1.29, 1.82) is 0 Å². The molecule has 100 valence electrons. The monoisotopic (exact) mass is 242 g/mol. The number of carbonyl (C=O) groups excluding carboxylic acids is 1. The first-order chi connectivity index (χ1) is 8.01. The van der Waals surface area contributed by atoms with Crippen LogP contribution in [-0.2, 0) is 9.53 Å². The lowest BCUT2D eigenvalue weighted by Crippen LogP contribution is -2.28. The summed E-state index contributed by atoms with van der Waals surface area (Å²) in [6.07, 6.45) is 3.94. The molecule has 0 aromatic heterocycles. The highest BCUT2D eigenvalue weighted by atomic mass is 16.6. The summed E-state index contributed by atoms with van der Waals surface area (Å²) in [5.41, 5.74) is 0. The molecule has 0 aromatic rings. The van der Waals surface area contributed by atoms with Gasteiger partial charge in [-0.2, -0.15) is 0 Å². The number of unbranched alkanes of at least 4 members (excludes halogenated alkanes) is 1. The van der Waals surface area contributed by atoms with Crippen LogP contribution in [0.4, 0.5) is 0 Å². The van der Waals surface area contributed by atoms with Crippen LogP contribution in [0.25, 0.3) is 0 Å². The third-order valence-corrected chi connectivity index (χ3v) is 2.65. The molecule has 0 heterocycles. The van der Waals surface area contributed by atoms with E-state index >= 15 is 0 Å². The molecule has 3 nitrogen and oxygen atoms in total. The van der Waals surface area contributed by atoms with Gasteiger partial charge in [-0.25, -0.2) is 0 Å². The lowest BCUT2D eigenvalue weighted by atomic mass is 10.1. The van der Waals surface area contributed by atoms with Gasteiger partial charge in [-0.15, -0.1) is 0 Å². The highest BCUT2D eigenvalue weighted by molar-refractivity contribution is 5.92. The first-order valence-corrected chi connectivity index (χ1v) is 6.51. The summed E-state index contributed by atoms with van der Waals surface area (Å²) in [7, 11) is 0. The Morgan fingerprint density at radius 2 is 2.00 bits per heavy atom. The minimum atomic E-state index is -0.844. The summed E-state index contributed by atoms with van der Waals surface area (Å²) < 4.78 is 5.39. The van der Waals surface area contributed by atoms with Crippen LogP contribution < -0.4 is 0 Å². The van der Waals surface area contributed by atoms with E-state index in [-0.39, 0.29) is 5.78 Å². The maximum atomic E-state index is 11.5. The smallest absolute Gasteiger partial charge is 0.183 e. The molecule has 0 aromatic carbocycles. The molecule has 0 fully saturated rings. The van der Waals surface area contributed by atoms with Crippen molar-refractivity contribution >= 4 is 5.78 Å². The average molecular weight is 242 g/mol. The molecule has 0 aliphatic heterocycles. The third-order valence-electron chi connectivity index (χ3n) is 2.65. The van der Waals surface area contributed by atoms with E-state index in [0.717, 1.165) is 19.3 Å². The molecule has 0 aliphatic carbocycles. The van der Waals surface area contributed by atoms with Crippen molar-refractivity contribution in [3.05, 3.63) is 12.7 Å². The molecule has 2 unspecified atom stereocenters. The van der Waals surface area contributed by atoms with Gasteiger partial charge < -0.3 is 9.84 Å². The summed E-state index contributed by atoms with van der Waals surface area (Å²) in [5.74, 6) is 0.388. The van der Waals surface area contributed by atoms with Gasteiger partial charge in [0, 0.05) is 0 Å². The molecule has 0 bridgehead atoms. The second-order valence-corrected chi connectivity index (χ2v) is 4.80. The Morgan fingerprint density at radius 3 is 2.47 bits per heavy atom. The van der Waals surface area contributed by atoms with Gasteiger partial charge in [0.05, 0.1) is 0 Å². The molecular weight excluding hydrogens is 216 g/mol. The number of aliphatic hydroxyl groups is 1. The lowest BCUT2D eigenvalue weighted by Gasteiger charge is -2.20.